The van der Waals surface area contributed by atoms with Gasteiger partial charge in [0.2, 0.25) is 0 Å². The highest BCUT2D eigenvalue weighted by Crippen LogP contribution is 2.24. The summed E-state index contributed by atoms with van der Waals surface area (Å²) < 4.78 is 13.4. The van der Waals surface area contributed by atoms with Crippen LogP contribution in [0.25, 0.3) is 0 Å². The van der Waals surface area contributed by atoms with Crippen LogP contribution in [0.3, 0.4) is 0 Å². The minimum absolute atomic E-state index is 0.148. The van der Waals surface area contributed by atoms with Gasteiger partial charge in [0.25, 0.3) is 5.91 Å². The first-order chi connectivity index (χ1) is 9.00. The van der Waals surface area contributed by atoms with Crippen molar-refractivity contribution in [3.63, 3.8) is 0 Å². The van der Waals surface area contributed by atoms with Gasteiger partial charge in [0.05, 0.1) is 16.6 Å². The summed E-state index contributed by atoms with van der Waals surface area (Å²) in [6.45, 7) is 0. The third-order valence-corrected chi connectivity index (χ3v) is 4.29. The molecular formula is C14H17BrFNO2. The summed E-state index contributed by atoms with van der Waals surface area (Å²) in [6.07, 6.45) is 3.10. The molecule has 1 aliphatic rings. The molecule has 2 unspecified atom stereocenters. The van der Waals surface area contributed by atoms with Crippen LogP contribution in [0.1, 0.15) is 36.0 Å². The topological polar surface area (TPSA) is 40.5 Å². The number of likely N-dealkylation sites (N-methyl/N-ethyl adjacent to an activating group) is 1. The largest absolute Gasteiger partial charge is 0.391 e. The van der Waals surface area contributed by atoms with Crippen LogP contribution in [-0.2, 0) is 0 Å². The van der Waals surface area contributed by atoms with Gasteiger partial charge in [-0.3, -0.25) is 4.79 Å². The standard InChI is InChI=1S/C14H17BrFNO2/c1-17(12-4-2-3-5-13(12)18)14(19)9-6-7-11(16)10(15)8-9/h6-8,12-13,18H,2-5H2,1H3. The van der Waals surface area contributed by atoms with Gasteiger partial charge in [0.1, 0.15) is 5.82 Å². The number of aliphatic hydroxyl groups is 1. The van der Waals surface area contributed by atoms with E-state index in [0.717, 1.165) is 25.7 Å². The molecule has 0 radical (unpaired) electrons. The van der Waals surface area contributed by atoms with Crippen molar-refractivity contribution in [1.82, 2.24) is 4.90 Å². The highest BCUT2D eigenvalue weighted by molar-refractivity contribution is 9.10. The SMILES string of the molecule is CN(C(=O)c1ccc(F)c(Br)c1)C1CCCCC1O. The smallest absolute Gasteiger partial charge is 0.253 e. The Morgan fingerprint density at radius 3 is 2.74 bits per heavy atom. The molecule has 1 saturated carbocycles. The molecule has 1 fully saturated rings. The normalized spacial score (nSPS) is 23.2. The zero-order valence-corrected chi connectivity index (χ0v) is 12.4. The zero-order chi connectivity index (χ0) is 14.0. The van der Waals surface area contributed by atoms with Gasteiger partial charge in [-0.2, -0.15) is 0 Å². The fourth-order valence-electron chi connectivity index (χ4n) is 2.53. The van der Waals surface area contributed by atoms with E-state index in [1.54, 1.807) is 11.9 Å². The van der Waals surface area contributed by atoms with Crippen molar-refractivity contribution in [1.29, 1.82) is 0 Å². The van der Waals surface area contributed by atoms with E-state index in [1.807, 2.05) is 0 Å². The maximum Gasteiger partial charge on any atom is 0.253 e. The van der Waals surface area contributed by atoms with Gasteiger partial charge in [0, 0.05) is 12.6 Å². The number of hydrogen-bond acceptors (Lipinski definition) is 2. The van der Waals surface area contributed by atoms with Gasteiger partial charge in [-0.05, 0) is 47.0 Å². The summed E-state index contributed by atoms with van der Waals surface area (Å²) in [5.41, 5.74) is 0.425. The Balaban J connectivity index is 2.15. The van der Waals surface area contributed by atoms with Crippen LogP contribution in [0.2, 0.25) is 0 Å². The van der Waals surface area contributed by atoms with Crippen LogP contribution in [0.15, 0.2) is 22.7 Å². The van der Waals surface area contributed by atoms with Gasteiger partial charge >= 0.3 is 0 Å². The number of hydrogen-bond donors (Lipinski definition) is 1. The number of halogens is 2. The minimum Gasteiger partial charge on any atom is -0.391 e. The molecule has 0 bridgehead atoms. The molecule has 5 heteroatoms. The highest BCUT2D eigenvalue weighted by Gasteiger charge is 2.29. The summed E-state index contributed by atoms with van der Waals surface area (Å²) in [5, 5.41) is 9.97. The Morgan fingerprint density at radius 2 is 2.11 bits per heavy atom. The average molecular weight is 330 g/mol. The fourth-order valence-corrected chi connectivity index (χ4v) is 2.91. The molecule has 0 aliphatic heterocycles. The lowest BCUT2D eigenvalue weighted by molar-refractivity contribution is 0.0268. The van der Waals surface area contributed by atoms with E-state index >= 15 is 0 Å². The molecule has 3 nitrogen and oxygen atoms in total. The van der Waals surface area contributed by atoms with Gasteiger partial charge in [-0.15, -0.1) is 0 Å². The first-order valence-corrected chi connectivity index (χ1v) is 7.20. The molecule has 0 spiro atoms. The number of benzene rings is 1. The van der Waals surface area contributed by atoms with Gasteiger partial charge in [-0.25, -0.2) is 4.39 Å². The number of aliphatic hydroxyl groups excluding tert-OH is 1. The Morgan fingerprint density at radius 1 is 1.42 bits per heavy atom. The molecule has 19 heavy (non-hydrogen) atoms. The number of nitrogens with zero attached hydrogens (tertiary/aromatic N) is 1. The Kier molecular flexibility index (Phi) is 4.58. The van der Waals surface area contributed by atoms with E-state index in [0.29, 0.717) is 5.56 Å². The number of rotatable bonds is 2. The third kappa shape index (κ3) is 3.15. The van der Waals surface area contributed by atoms with Crippen LogP contribution < -0.4 is 0 Å². The Hall–Kier alpha value is -0.940. The summed E-state index contributed by atoms with van der Waals surface area (Å²) in [6, 6.07) is 4.06. The fraction of sp³-hybridized carbons (Fsp3) is 0.500. The molecule has 1 aromatic carbocycles. The predicted octanol–water partition coefficient (Wildman–Crippen LogP) is 2.96. The van der Waals surface area contributed by atoms with E-state index in [4.69, 9.17) is 0 Å². The monoisotopic (exact) mass is 329 g/mol. The molecule has 2 atom stereocenters. The first-order valence-electron chi connectivity index (χ1n) is 6.41. The van der Waals surface area contributed by atoms with Crippen molar-refractivity contribution in [2.24, 2.45) is 0 Å². The van der Waals surface area contributed by atoms with Crippen LogP contribution in [0.5, 0.6) is 0 Å². The van der Waals surface area contributed by atoms with Gasteiger partial charge < -0.3 is 10.0 Å². The quantitative estimate of drug-likeness (QED) is 0.906. The summed E-state index contributed by atoms with van der Waals surface area (Å²) >= 11 is 3.08. The molecule has 0 saturated heterocycles. The molecule has 104 valence electrons. The molecular weight excluding hydrogens is 313 g/mol. The molecule has 1 aliphatic carbocycles. The molecule has 1 N–H and O–H groups in total. The molecule has 0 aromatic heterocycles. The highest BCUT2D eigenvalue weighted by atomic mass is 79.9. The molecule has 1 amide bonds. The van der Waals surface area contributed by atoms with Crippen LogP contribution in [0, 0.1) is 5.82 Å². The number of carbonyl (C=O) groups is 1. The number of carbonyl (C=O) groups excluding carboxylic acids is 1. The van der Waals surface area contributed by atoms with Crippen molar-refractivity contribution >= 4 is 21.8 Å². The summed E-state index contributed by atoms with van der Waals surface area (Å²) in [7, 11) is 1.69. The predicted molar refractivity (Wildman–Crippen MR) is 74.5 cm³/mol. The van der Waals surface area contributed by atoms with Crippen molar-refractivity contribution in [3.8, 4) is 0 Å². The maximum absolute atomic E-state index is 13.2. The summed E-state index contributed by atoms with van der Waals surface area (Å²) in [4.78, 5) is 13.9. The van der Waals surface area contributed by atoms with E-state index in [2.05, 4.69) is 15.9 Å². The van der Waals surface area contributed by atoms with Crippen molar-refractivity contribution < 1.29 is 14.3 Å². The van der Waals surface area contributed by atoms with Gasteiger partial charge in [0.15, 0.2) is 0 Å². The zero-order valence-electron chi connectivity index (χ0n) is 10.8. The Labute approximate surface area is 120 Å². The molecule has 2 rings (SSSR count). The average Bonchev–Trinajstić information content (AvgIpc) is 2.41. The van der Waals surface area contributed by atoms with Crippen LogP contribution >= 0.6 is 15.9 Å². The van der Waals surface area contributed by atoms with E-state index in [1.165, 1.54) is 18.2 Å². The lowest BCUT2D eigenvalue weighted by atomic mass is 9.91. The minimum atomic E-state index is -0.466. The van der Waals surface area contributed by atoms with Gasteiger partial charge in [-0.1, -0.05) is 12.8 Å². The van der Waals surface area contributed by atoms with Crippen LogP contribution in [-0.4, -0.2) is 35.1 Å². The van der Waals surface area contributed by atoms with E-state index in [9.17, 15) is 14.3 Å². The second kappa shape index (κ2) is 6.01. The lowest BCUT2D eigenvalue weighted by Crippen LogP contribution is -2.46. The molecule has 1 aromatic rings. The third-order valence-electron chi connectivity index (χ3n) is 3.68. The summed E-state index contributed by atoms with van der Waals surface area (Å²) in [5.74, 6) is -0.580. The second-order valence-electron chi connectivity index (χ2n) is 4.96. The van der Waals surface area contributed by atoms with Crippen molar-refractivity contribution in [2.75, 3.05) is 7.05 Å². The van der Waals surface area contributed by atoms with Crippen molar-refractivity contribution in [2.45, 2.75) is 37.8 Å². The molecule has 0 heterocycles. The van der Waals surface area contributed by atoms with Crippen LogP contribution in [0.4, 0.5) is 4.39 Å². The number of amides is 1. The first kappa shape index (κ1) is 14.5. The maximum atomic E-state index is 13.2. The van der Waals surface area contributed by atoms with E-state index < -0.39 is 11.9 Å². The van der Waals surface area contributed by atoms with Crippen molar-refractivity contribution in [3.05, 3.63) is 34.1 Å². The van der Waals surface area contributed by atoms with E-state index in [-0.39, 0.29) is 16.4 Å². The Bertz CT molecular complexity index is 481. The second-order valence-corrected chi connectivity index (χ2v) is 5.82. The lowest BCUT2D eigenvalue weighted by Gasteiger charge is -2.35.